The maximum atomic E-state index is 12.8. The molecule has 1 aromatic rings. The van der Waals surface area contributed by atoms with Gasteiger partial charge in [-0.15, -0.1) is 12.4 Å². The Labute approximate surface area is 163 Å². The second-order valence-corrected chi connectivity index (χ2v) is 9.20. The van der Waals surface area contributed by atoms with E-state index in [1.807, 2.05) is 0 Å². The summed E-state index contributed by atoms with van der Waals surface area (Å²) in [6, 6.07) is 7.35. The van der Waals surface area contributed by atoms with Gasteiger partial charge < -0.3 is 10.1 Å². The van der Waals surface area contributed by atoms with Crippen molar-refractivity contribution in [1.29, 1.82) is 0 Å². The lowest BCUT2D eigenvalue weighted by Gasteiger charge is -2.37. The standard InChI is InChI=1S/C18H29N3O3S.ClH/c1-15(2)14-24-17-3-5-18(6-4-17)25(22,23)21-11-9-20(10-12-21)16-7-8-19-13-16;/h3-6,15-16,19H,7-14H2,1-2H3;1H. The SMILES string of the molecule is CC(C)COc1ccc(S(=O)(=O)N2CCN(C3CCNC3)CC2)cc1.Cl. The molecule has 1 aromatic carbocycles. The van der Waals surface area contributed by atoms with Crippen LogP contribution < -0.4 is 10.1 Å². The number of hydrogen-bond acceptors (Lipinski definition) is 5. The molecule has 0 saturated carbocycles. The first-order valence-electron chi connectivity index (χ1n) is 9.14. The smallest absolute Gasteiger partial charge is 0.243 e. The highest BCUT2D eigenvalue weighted by molar-refractivity contribution is 7.89. The first-order chi connectivity index (χ1) is 12.0. The average Bonchev–Trinajstić information content (AvgIpc) is 3.15. The van der Waals surface area contributed by atoms with E-state index in [2.05, 4.69) is 24.1 Å². The minimum atomic E-state index is -3.42. The van der Waals surface area contributed by atoms with Crippen LogP contribution in [0.1, 0.15) is 20.3 Å². The van der Waals surface area contributed by atoms with Crippen LogP contribution in [0.5, 0.6) is 5.75 Å². The number of benzene rings is 1. The Morgan fingerprint density at radius 1 is 1.15 bits per heavy atom. The summed E-state index contributed by atoms with van der Waals surface area (Å²) < 4.78 is 32.9. The number of ether oxygens (including phenoxy) is 1. The zero-order valence-corrected chi connectivity index (χ0v) is 17.2. The lowest BCUT2D eigenvalue weighted by molar-refractivity contribution is 0.145. The highest BCUT2D eigenvalue weighted by Crippen LogP contribution is 2.22. The van der Waals surface area contributed by atoms with Crippen molar-refractivity contribution in [2.24, 2.45) is 5.92 Å². The second kappa shape index (κ2) is 9.37. The van der Waals surface area contributed by atoms with E-state index in [-0.39, 0.29) is 12.4 Å². The van der Waals surface area contributed by atoms with Crippen molar-refractivity contribution in [2.75, 3.05) is 45.9 Å². The van der Waals surface area contributed by atoms with Crippen molar-refractivity contribution in [2.45, 2.75) is 31.2 Å². The fraction of sp³-hybridized carbons (Fsp3) is 0.667. The van der Waals surface area contributed by atoms with Crippen LogP contribution in [-0.2, 0) is 10.0 Å². The zero-order valence-electron chi connectivity index (χ0n) is 15.6. The Kier molecular flexibility index (Phi) is 7.73. The van der Waals surface area contributed by atoms with Crippen LogP contribution in [-0.4, -0.2) is 69.5 Å². The van der Waals surface area contributed by atoms with Crippen LogP contribution in [0.25, 0.3) is 0 Å². The van der Waals surface area contributed by atoms with E-state index in [4.69, 9.17) is 4.74 Å². The number of hydrogen-bond donors (Lipinski definition) is 1. The second-order valence-electron chi connectivity index (χ2n) is 7.26. The van der Waals surface area contributed by atoms with Crippen LogP contribution in [0.4, 0.5) is 0 Å². The molecular formula is C18H30ClN3O3S. The molecule has 0 aromatic heterocycles. The van der Waals surface area contributed by atoms with Crippen molar-refractivity contribution in [1.82, 2.24) is 14.5 Å². The minimum absolute atomic E-state index is 0. The minimum Gasteiger partial charge on any atom is -0.493 e. The molecule has 0 amide bonds. The van der Waals surface area contributed by atoms with Crippen LogP contribution in [0.3, 0.4) is 0 Å². The Balaban J connectivity index is 0.00000243. The summed E-state index contributed by atoms with van der Waals surface area (Å²) >= 11 is 0. The van der Waals surface area contributed by atoms with E-state index in [0.717, 1.165) is 32.6 Å². The molecule has 2 fully saturated rings. The van der Waals surface area contributed by atoms with Gasteiger partial charge in [-0.3, -0.25) is 4.90 Å². The molecule has 2 heterocycles. The van der Waals surface area contributed by atoms with Gasteiger partial charge in [-0.05, 0) is 43.1 Å². The van der Waals surface area contributed by atoms with E-state index in [9.17, 15) is 8.42 Å². The summed E-state index contributed by atoms with van der Waals surface area (Å²) in [6.45, 7) is 9.61. The topological polar surface area (TPSA) is 61.9 Å². The first-order valence-corrected chi connectivity index (χ1v) is 10.6. The molecule has 8 heteroatoms. The van der Waals surface area contributed by atoms with E-state index >= 15 is 0 Å². The highest BCUT2D eigenvalue weighted by Gasteiger charge is 2.31. The van der Waals surface area contributed by atoms with Gasteiger partial charge in [0.15, 0.2) is 0 Å². The largest absolute Gasteiger partial charge is 0.493 e. The van der Waals surface area contributed by atoms with Gasteiger partial charge >= 0.3 is 0 Å². The molecule has 26 heavy (non-hydrogen) atoms. The molecule has 2 aliphatic heterocycles. The molecule has 3 rings (SSSR count). The highest BCUT2D eigenvalue weighted by atomic mass is 35.5. The van der Waals surface area contributed by atoms with Gasteiger partial charge in [0.05, 0.1) is 11.5 Å². The van der Waals surface area contributed by atoms with E-state index in [1.165, 1.54) is 0 Å². The number of nitrogens with one attached hydrogen (secondary N) is 1. The summed E-state index contributed by atoms with van der Waals surface area (Å²) in [5.41, 5.74) is 0. The van der Waals surface area contributed by atoms with Crippen LogP contribution in [0.2, 0.25) is 0 Å². The lowest BCUT2D eigenvalue weighted by Crippen LogP contribution is -2.52. The molecule has 0 spiro atoms. The molecule has 0 aliphatic carbocycles. The number of halogens is 1. The Morgan fingerprint density at radius 2 is 1.81 bits per heavy atom. The van der Waals surface area contributed by atoms with Crippen molar-refractivity contribution in [3.05, 3.63) is 24.3 Å². The van der Waals surface area contributed by atoms with E-state index in [0.29, 0.717) is 42.3 Å². The monoisotopic (exact) mass is 403 g/mol. The molecular weight excluding hydrogens is 374 g/mol. The third-order valence-electron chi connectivity index (χ3n) is 4.87. The summed E-state index contributed by atoms with van der Waals surface area (Å²) in [5.74, 6) is 1.15. The average molecular weight is 404 g/mol. The molecule has 0 bridgehead atoms. The summed E-state index contributed by atoms with van der Waals surface area (Å²) in [6.07, 6.45) is 1.16. The predicted octanol–water partition coefficient (Wildman–Crippen LogP) is 1.81. The van der Waals surface area contributed by atoms with Gasteiger partial charge in [-0.1, -0.05) is 13.8 Å². The van der Waals surface area contributed by atoms with E-state index in [1.54, 1.807) is 28.6 Å². The van der Waals surface area contributed by atoms with Crippen molar-refractivity contribution in [3.63, 3.8) is 0 Å². The predicted molar refractivity (Wildman–Crippen MR) is 106 cm³/mol. The zero-order chi connectivity index (χ0) is 17.9. The Morgan fingerprint density at radius 3 is 2.35 bits per heavy atom. The van der Waals surface area contributed by atoms with E-state index < -0.39 is 10.0 Å². The van der Waals surface area contributed by atoms with Gasteiger partial charge in [-0.25, -0.2) is 8.42 Å². The number of nitrogens with zero attached hydrogens (tertiary/aromatic N) is 2. The van der Waals surface area contributed by atoms with Crippen LogP contribution >= 0.6 is 12.4 Å². The fourth-order valence-electron chi connectivity index (χ4n) is 3.38. The molecule has 0 radical (unpaired) electrons. The number of piperazine rings is 1. The maximum Gasteiger partial charge on any atom is 0.243 e. The van der Waals surface area contributed by atoms with Crippen molar-refractivity contribution >= 4 is 22.4 Å². The van der Waals surface area contributed by atoms with Gasteiger partial charge in [-0.2, -0.15) is 4.31 Å². The quantitative estimate of drug-likeness (QED) is 0.784. The third kappa shape index (κ3) is 5.10. The normalized spacial score (nSPS) is 22.3. The molecule has 2 aliphatic rings. The molecule has 6 nitrogen and oxygen atoms in total. The van der Waals surface area contributed by atoms with Gasteiger partial charge in [0.1, 0.15) is 5.75 Å². The van der Waals surface area contributed by atoms with Gasteiger partial charge in [0, 0.05) is 38.8 Å². The number of rotatable bonds is 6. The van der Waals surface area contributed by atoms with Gasteiger partial charge in [0.2, 0.25) is 10.0 Å². The summed E-state index contributed by atoms with van der Waals surface area (Å²) in [7, 11) is -3.42. The molecule has 148 valence electrons. The molecule has 2 saturated heterocycles. The Hall–Kier alpha value is -0.860. The first kappa shape index (κ1) is 21.4. The number of sulfonamides is 1. The summed E-state index contributed by atoms with van der Waals surface area (Å²) in [4.78, 5) is 2.76. The van der Waals surface area contributed by atoms with Crippen LogP contribution in [0.15, 0.2) is 29.2 Å². The maximum absolute atomic E-state index is 12.8. The fourth-order valence-corrected chi connectivity index (χ4v) is 4.80. The van der Waals surface area contributed by atoms with Crippen molar-refractivity contribution in [3.8, 4) is 5.75 Å². The molecule has 1 N–H and O–H groups in total. The summed E-state index contributed by atoms with van der Waals surface area (Å²) in [5, 5.41) is 3.37. The Bertz CT molecular complexity index is 653. The third-order valence-corrected chi connectivity index (χ3v) is 6.78. The van der Waals surface area contributed by atoms with Gasteiger partial charge in [0.25, 0.3) is 0 Å². The van der Waals surface area contributed by atoms with Crippen LogP contribution in [0, 0.1) is 5.92 Å². The molecule has 1 unspecified atom stereocenters. The van der Waals surface area contributed by atoms with Crippen molar-refractivity contribution < 1.29 is 13.2 Å². The molecule has 1 atom stereocenters. The lowest BCUT2D eigenvalue weighted by atomic mass is 10.2.